The number of ether oxygens (including phenoxy) is 4. The molecular formula is C28H23N3O8. The molecular weight excluding hydrogens is 506 g/mol. The second kappa shape index (κ2) is 11.6. The van der Waals surface area contributed by atoms with Crippen LogP contribution in [0.5, 0.6) is 0 Å². The molecule has 11 nitrogen and oxygen atoms in total. The predicted molar refractivity (Wildman–Crippen MR) is 135 cm³/mol. The number of carbonyl (C=O) groups is 3. The molecule has 3 aromatic carbocycles. The molecule has 1 aliphatic rings. The summed E-state index contributed by atoms with van der Waals surface area (Å²) in [6.07, 6.45) is -3.70. The maximum atomic E-state index is 13.1. The van der Waals surface area contributed by atoms with Gasteiger partial charge in [-0.1, -0.05) is 54.6 Å². The first-order chi connectivity index (χ1) is 19.0. The summed E-state index contributed by atoms with van der Waals surface area (Å²) >= 11 is 0. The fourth-order valence-electron chi connectivity index (χ4n) is 4.12. The summed E-state index contributed by atoms with van der Waals surface area (Å²) in [6.45, 7) is -0.358. The number of H-pyrrole nitrogens is 1. The van der Waals surface area contributed by atoms with Crippen LogP contribution in [0.2, 0.25) is 0 Å². The molecule has 4 atom stereocenters. The van der Waals surface area contributed by atoms with E-state index in [9.17, 15) is 19.2 Å². The molecule has 2 heterocycles. The van der Waals surface area contributed by atoms with Gasteiger partial charge in [-0.25, -0.2) is 24.3 Å². The Morgan fingerprint density at radius 3 is 1.72 bits per heavy atom. The van der Waals surface area contributed by atoms with Crippen LogP contribution in [0.15, 0.2) is 102 Å². The van der Waals surface area contributed by atoms with Crippen molar-refractivity contribution >= 4 is 17.9 Å². The first-order valence-corrected chi connectivity index (χ1v) is 12.0. The van der Waals surface area contributed by atoms with Crippen LogP contribution in [0.25, 0.3) is 0 Å². The lowest BCUT2D eigenvalue weighted by atomic mass is 10.1. The van der Waals surface area contributed by atoms with E-state index >= 15 is 0 Å². The molecule has 0 amide bonds. The van der Waals surface area contributed by atoms with Crippen molar-refractivity contribution < 1.29 is 33.3 Å². The number of benzene rings is 3. The smallest absolute Gasteiger partial charge is 0.345 e. The minimum Gasteiger partial charge on any atom is -0.459 e. The van der Waals surface area contributed by atoms with E-state index in [0.29, 0.717) is 5.56 Å². The quantitative estimate of drug-likeness (QED) is 0.270. The summed E-state index contributed by atoms with van der Waals surface area (Å²) in [6, 6.07) is 24.7. The minimum absolute atomic E-state index is 0.239. The monoisotopic (exact) mass is 529 g/mol. The molecule has 1 aromatic heterocycles. The zero-order valence-corrected chi connectivity index (χ0v) is 20.4. The number of hydrogen-bond donors (Lipinski definition) is 1. The van der Waals surface area contributed by atoms with Gasteiger partial charge < -0.3 is 18.9 Å². The zero-order chi connectivity index (χ0) is 27.2. The maximum Gasteiger partial charge on any atom is 0.345 e. The van der Waals surface area contributed by atoms with E-state index in [1.54, 1.807) is 91.0 Å². The normalized spacial score (nSPS) is 20.2. The van der Waals surface area contributed by atoms with Gasteiger partial charge in [-0.05, 0) is 36.4 Å². The van der Waals surface area contributed by atoms with E-state index in [2.05, 4.69) is 10.2 Å². The van der Waals surface area contributed by atoms with Gasteiger partial charge in [-0.3, -0.25) is 4.57 Å². The Hall–Kier alpha value is -5.03. The van der Waals surface area contributed by atoms with Crippen LogP contribution in [0.4, 0.5) is 0 Å². The predicted octanol–water partition coefficient (Wildman–Crippen LogP) is 2.78. The van der Waals surface area contributed by atoms with Crippen LogP contribution < -0.4 is 5.69 Å². The minimum atomic E-state index is -1.29. The molecule has 11 heteroatoms. The number of rotatable bonds is 8. The van der Waals surface area contributed by atoms with Crippen LogP contribution in [0.3, 0.4) is 0 Å². The summed E-state index contributed by atoms with van der Waals surface area (Å²) in [5.41, 5.74) is 0.149. The topological polar surface area (TPSA) is 139 Å². The third-order valence-corrected chi connectivity index (χ3v) is 6.03. The highest BCUT2D eigenvalue weighted by molar-refractivity contribution is 5.91. The molecule has 39 heavy (non-hydrogen) atoms. The second-order valence-electron chi connectivity index (χ2n) is 8.57. The van der Waals surface area contributed by atoms with Gasteiger partial charge in [0.1, 0.15) is 19.0 Å². The summed E-state index contributed by atoms with van der Waals surface area (Å²) in [4.78, 5) is 51.2. The van der Waals surface area contributed by atoms with Gasteiger partial charge >= 0.3 is 23.6 Å². The molecule has 4 aromatic rings. The Morgan fingerprint density at radius 2 is 1.23 bits per heavy atom. The van der Waals surface area contributed by atoms with Crippen LogP contribution in [0.1, 0.15) is 37.3 Å². The van der Waals surface area contributed by atoms with Crippen LogP contribution in [0, 0.1) is 0 Å². The summed E-state index contributed by atoms with van der Waals surface area (Å²) in [5.74, 6) is -2.08. The molecule has 1 aliphatic heterocycles. The van der Waals surface area contributed by atoms with Crippen LogP contribution in [-0.4, -0.2) is 57.6 Å². The first-order valence-electron chi connectivity index (χ1n) is 12.0. The molecule has 1 N–H and O–H groups in total. The van der Waals surface area contributed by atoms with Gasteiger partial charge in [-0.15, -0.1) is 0 Å². The lowest BCUT2D eigenvalue weighted by Crippen LogP contribution is -2.42. The SMILES string of the molecule is O=C(OCC1OC(n2cn[nH]c2=O)C(OC(=O)c2ccccc2)C1OC(=O)c1ccccc1)c1ccccc1. The van der Waals surface area contributed by atoms with Gasteiger partial charge in [0.15, 0.2) is 18.4 Å². The van der Waals surface area contributed by atoms with Gasteiger partial charge in [0.2, 0.25) is 0 Å². The van der Waals surface area contributed by atoms with E-state index in [4.69, 9.17) is 18.9 Å². The number of aromatic nitrogens is 3. The van der Waals surface area contributed by atoms with Gasteiger partial charge in [0.05, 0.1) is 16.7 Å². The molecule has 5 rings (SSSR count). The number of nitrogens with one attached hydrogen (secondary N) is 1. The molecule has 4 unspecified atom stereocenters. The number of nitrogens with zero attached hydrogens (tertiary/aromatic N) is 2. The standard InChI is InChI=1S/C28H23N3O8/c32-25(18-10-4-1-5-11-18)36-16-21-22(38-26(33)19-12-6-2-7-13-19)23(24(37-21)31-17-29-30-28(31)35)39-27(34)20-14-8-3-9-15-20/h1-15,17,21-24H,16H2,(H,30,35). The van der Waals surface area contributed by atoms with Gasteiger partial charge in [0, 0.05) is 0 Å². The highest BCUT2D eigenvalue weighted by Gasteiger charge is 2.51. The summed E-state index contributed by atoms with van der Waals surface area (Å²) < 4.78 is 24.1. The van der Waals surface area contributed by atoms with Crippen molar-refractivity contribution in [1.82, 2.24) is 14.8 Å². The molecule has 0 saturated carbocycles. The van der Waals surface area contributed by atoms with Gasteiger partial charge in [-0.2, -0.15) is 5.10 Å². The van der Waals surface area contributed by atoms with Crippen LogP contribution >= 0.6 is 0 Å². The lowest BCUT2D eigenvalue weighted by Gasteiger charge is -2.24. The second-order valence-corrected chi connectivity index (χ2v) is 8.57. The molecule has 1 fully saturated rings. The summed E-state index contributed by atoms with van der Waals surface area (Å²) in [7, 11) is 0. The average molecular weight is 530 g/mol. The Labute approximate surface area is 221 Å². The van der Waals surface area contributed by atoms with E-state index in [1.165, 1.54) is 6.33 Å². The van der Waals surface area contributed by atoms with Crippen molar-refractivity contribution in [3.63, 3.8) is 0 Å². The van der Waals surface area contributed by atoms with Gasteiger partial charge in [0.25, 0.3) is 0 Å². The highest BCUT2D eigenvalue weighted by Crippen LogP contribution is 2.34. The van der Waals surface area contributed by atoms with Crippen molar-refractivity contribution in [3.05, 3.63) is 124 Å². The van der Waals surface area contributed by atoms with E-state index < -0.39 is 48.1 Å². The molecule has 0 aliphatic carbocycles. The van der Waals surface area contributed by atoms with E-state index in [-0.39, 0.29) is 17.7 Å². The van der Waals surface area contributed by atoms with Crippen molar-refractivity contribution in [2.24, 2.45) is 0 Å². The summed E-state index contributed by atoms with van der Waals surface area (Å²) in [5, 5.41) is 5.99. The van der Waals surface area contributed by atoms with Crippen molar-refractivity contribution in [2.45, 2.75) is 24.5 Å². The molecule has 1 saturated heterocycles. The largest absolute Gasteiger partial charge is 0.459 e. The fraction of sp³-hybridized carbons (Fsp3) is 0.179. The lowest BCUT2D eigenvalue weighted by molar-refractivity contribution is -0.0634. The third kappa shape index (κ3) is 5.78. The van der Waals surface area contributed by atoms with E-state index in [0.717, 1.165) is 4.57 Å². The fourth-order valence-corrected chi connectivity index (χ4v) is 4.12. The average Bonchev–Trinajstić information content (AvgIpc) is 3.55. The number of esters is 3. The Bertz CT molecular complexity index is 1490. The van der Waals surface area contributed by atoms with Crippen molar-refractivity contribution in [3.8, 4) is 0 Å². The number of carbonyl (C=O) groups excluding carboxylic acids is 3. The molecule has 0 spiro atoms. The van der Waals surface area contributed by atoms with Crippen molar-refractivity contribution in [2.75, 3.05) is 6.61 Å². The number of hydrogen-bond acceptors (Lipinski definition) is 9. The zero-order valence-electron chi connectivity index (χ0n) is 20.4. The molecule has 198 valence electrons. The Kier molecular flexibility index (Phi) is 7.60. The maximum absolute atomic E-state index is 13.1. The first kappa shape index (κ1) is 25.6. The van der Waals surface area contributed by atoms with E-state index in [1.807, 2.05) is 0 Å². The molecule has 0 radical (unpaired) electrons. The highest BCUT2D eigenvalue weighted by atomic mass is 16.7. The van der Waals surface area contributed by atoms with Crippen molar-refractivity contribution in [1.29, 1.82) is 0 Å². The molecule has 0 bridgehead atoms. The Morgan fingerprint density at radius 1 is 0.744 bits per heavy atom. The number of aromatic amines is 1. The Balaban J connectivity index is 1.46. The van der Waals surface area contributed by atoms with Crippen LogP contribution in [-0.2, 0) is 18.9 Å². The third-order valence-electron chi connectivity index (χ3n) is 6.03.